The van der Waals surface area contributed by atoms with Crippen LogP contribution in [0.3, 0.4) is 0 Å². The summed E-state index contributed by atoms with van der Waals surface area (Å²) in [5, 5.41) is 11.0. The van der Waals surface area contributed by atoms with Crippen LogP contribution in [-0.2, 0) is 9.53 Å². The van der Waals surface area contributed by atoms with Crippen LogP contribution in [0.4, 0.5) is 0 Å². The number of Topliss-reactive ketones (excluding diaryl/α,β-unsaturated/α-hetero) is 1. The third-order valence-electron chi connectivity index (χ3n) is 6.63. The van der Waals surface area contributed by atoms with Crippen molar-refractivity contribution < 1.29 is 19.4 Å². The molecule has 2 aromatic rings. The minimum absolute atomic E-state index is 0.00257. The number of hydrogen-bond acceptors (Lipinski definition) is 4. The average molecular weight is 443 g/mol. The standard InChI is InChI=1S/C23H23BrO4/c1-11-9-15(27-14-5-3-13(24)4-6-14)10-12(2)18(11)21-22(25)19-16-7-8-17(28-16)20(19)23(21)26/h3-6,9-10,16-17,19-22,25H,7-8H2,1-2H3. The number of aliphatic hydroxyl groups excluding tert-OH is 1. The van der Waals surface area contributed by atoms with Gasteiger partial charge in [-0.15, -0.1) is 0 Å². The minimum Gasteiger partial charge on any atom is -0.457 e. The third-order valence-corrected chi connectivity index (χ3v) is 7.16. The summed E-state index contributed by atoms with van der Waals surface area (Å²) in [5.74, 6) is 1.01. The van der Waals surface area contributed by atoms with Crippen LogP contribution in [0, 0.1) is 25.7 Å². The van der Waals surface area contributed by atoms with Gasteiger partial charge in [-0.2, -0.15) is 0 Å². The number of rotatable bonds is 3. The molecule has 2 aliphatic heterocycles. The first kappa shape index (κ1) is 18.3. The molecule has 6 unspecified atom stereocenters. The minimum atomic E-state index is -0.663. The van der Waals surface area contributed by atoms with Crippen LogP contribution in [0.5, 0.6) is 11.5 Å². The second-order valence-electron chi connectivity index (χ2n) is 8.29. The lowest BCUT2D eigenvalue weighted by Gasteiger charge is -2.24. The predicted molar refractivity (Wildman–Crippen MR) is 109 cm³/mol. The first-order chi connectivity index (χ1) is 13.4. The van der Waals surface area contributed by atoms with Crippen molar-refractivity contribution in [3.63, 3.8) is 0 Å². The second kappa shape index (κ2) is 6.68. The molecule has 0 aromatic heterocycles. The van der Waals surface area contributed by atoms with Gasteiger partial charge in [0, 0.05) is 10.4 Å². The zero-order valence-electron chi connectivity index (χ0n) is 15.9. The number of halogens is 1. The Bertz CT molecular complexity index is 915. The zero-order valence-corrected chi connectivity index (χ0v) is 17.5. The van der Waals surface area contributed by atoms with Gasteiger partial charge in [0.05, 0.1) is 30.1 Å². The second-order valence-corrected chi connectivity index (χ2v) is 9.21. The first-order valence-corrected chi connectivity index (χ1v) is 10.6. The molecule has 1 saturated carbocycles. The topological polar surface area (TPSA) is 55.8 Å². The molecule has 0 amide bonds. The largest absolute Gasteiger partial charge is 0.457 e. The molecule has 3 fully saturated rings. The predicted octanol–water partition coefficient (Wildman–Crippen LogP) is 4.68. The van der Waals surface area contributed by atoms with Crippen molar-refractivity contribution in [3.8, 4) is 11.5 Å². The lowest BCUT2D eigenvalue weighted by molar-refractivity contribution is -0.124. The zero-order chi connectivity index (χ0) is 19.6. The maximum absolute atomic E-state index is 13.2. The Labute approximate surface area is 173 Å². The van der Waals surface area contributed by atoms with E-state index in [0.717, 1.165) is 45.5 Å². The van der Waals surface area contributed by atoms with Crippen molar-refractivity contribution in [1.29, 1.82) is 0 Å². The Morgan fingerprint density at radius 3 is 2.32 bits per heavy atom. The van der Waals surface area contributed by atoms with Gasteiger partial charge in [-0.1, -0.05) is 15.9 Å². The van der Waals surface area contributed by atoms with Crippen LogP contribution in [0.25, 0.3) is 0 Å². The summed E-state index contributed by atoms with van der Waals surface area (Å²) in [6, 6.07) is 11.6. The monoisotopic (exact) mass is 442 g/mol. The van der Waals surface area contributed by atoms with E-state index in [1.54, 1.807) is 0 Å². The molecule has 0 spiro atoms. The van der Waals surface area contributed by atoms with Gasteiger partial charge in [0.1, 0.15) is 17.3 Å². The molecular formula is C23H23BrO4. The molecule has 28 heavy (non-hydrogen) atoms. The maximum Gasteiger partial charge on any atom is 0.149 e. The Morgan fingerprint density at radius 2 is 1.68 bits per heavy atom. The summed E-state index contributed by atoms with van der Waals surface area (Å²) >= 11 is 3.43. The molecule has 6 atom stereocenters. The molecule has 3 aliphatic rings. The number of carbonyl (C=O) groups excluding carboxylic acids is 1. The molecule has 2 aromatic carbocycles. The quantitative estimate of drug-likeness (QED) is 0.749. The number of carbonyl (C=O) groups is 1. The molecule has 5 heteroatoms. The highest BCUT2D eigenvalue weighted by atomic mass is 79.9. The molecule has 1 N–H and O–H groups in total. The van der Waals surface area contributed by atoms with E-state index in [0.29, 0.717) is 0 Å². The van der Waals surface area contributed by atoms with Crippen molar-refractivity contribution in [3.05, 3.63) is 57.6 Å². The number of aliphatic hydroxyl groups is 1. The Kier molecular flexibility index (Phi) is 4.38. The van der Waals surface area contributed by atoms with Crippen LogP contribution in [0.2, 0.25) is 0 Å². The highest BCUT2D eigenvalue weighted by Crippen LogP contribution is 2.55. The molecule has 2 bridgehead atoms. The SMILES string of the molecule is Cc1cc(Oc2ccc(Br)cc2)cc(C)c1C1C(=O)C2C3CCC(O3)C2C1O. The van der Waals surface area contributed by atoms with Gasteiger partial charge >= 0.3 is 0 Å². The van der Waals surface area contributed by atoms with E-state index in [9.17, 15) is 9.90 Å². The summed E-state index contributed by atoms with van der Waals surface area (Å²) in [5.41, 5.74) is 2.92. The van der Waals surface area contributed by atoms with Gasteiger partial charge in [-0.25, -0.2) is 0 Å². The molecule has 2 heterocycles. The summed E-state index contributed by atoms with van der Waals surface area (Å²) in [6.45, 7) is 3.99. The van der Waals surface area contributed by atoms with Crippen LogP contribution >= 0.6 is 15.9 Å². The number of benzene rings is 2. The molecule has 0 radical (unpaired) electrons. The van der Waals surface area contributed by atoms with Gasteiger partial charge in [-0.05, 0) is 79.8 Å². The number of aryl methyl sites for hydroxylation is 2. The summed E-state index contributed by atoms with van der Waals surface area (Å²) in [7, 11) is 0. The summed E-state index contributed by atoms with van der Waals surface area (Å²) in [4.78, 5) is 13.2. The third kappa shape index (κ3) is 2.75. The van der Waals surface area contributed by atoms with E-state index in [2.05, 4.69) is 15.9 Å². The fourth-order valence-electron chi connectivity index (χ4n) is 5.55. The smallest absolute Gasteiger partial charge is 0.149 e. The van der Waals surface area contributed by atoms with E-state index in [1.807, 2.05) is 50.2 Å². The fraction of sp³-hybridized carbons (Fsp3) is 0.435. The maximum atomic E-state index is 13.2. The van der Waals surface area contributed by atoms with E-state index < -0.39 is 12.0 Å². The number of fused-ring (bicyclic) bond motifs is 5. The van der Waals surface area contributed by atoms with Crippen molar-refractivity contribution in [1.82, 2.24) is 0 Å². The van der Waals surface area contributed by atoms with E-state index in [1.165, 1.54) is 0 Å². The Morgan fingerprint density at radius 1 is 1.04 bits per heavy atom. The number of ketones is 1. The lowest BCUT2D eigenvalue weighted by atomic mass is 9.81. The van der Waals surface area contributed by atoms with Crippen molar-refractivity contribution >= 4 is 21.7 Å². The van der Waals surface area contributed by atoms with Gasteiger partial charge in [-0.3, -0.25) is 4.79 Å². The van der Waals surface area contributed by atoms with Crippen LogP contribution in [0.15, 0.2) is 40.9 Å². The van der Waals surface area contributed by atoms with E-state index in [4.69, 9.17) is 9.47 Å². The van der Waals surface area contributed by atoms with Gasteiger partial charge in [0.2, 0.25) is 0 Å². The average Bonchev–Trinajstić information content (AvgIpc) is 3.33. The van der Waals surface area contributed by atoms with E-state index in [-0.39, 0.29) is 29.8 Å². The van der Waals surface area contributed by atoms with Gasteiger partial charge in [0.25, 0.3) is 0 Å². The molecule has 2 saturated heterocycles. The van der Waals surface area contributed by atoms with Gasteiger partial charge in [0.15, 0.2) is 0 Å². The summed E-state index contributed by atoms with van der Waals surface area (Å²) < 4.78 is 12.9. The molecule has 146 valence electrons. The van der Waals surface area contributed by atoms with Crippen LogP contribution in [0.1, 0.15) is 35.4 Å². The van der Waals surface area contributed by atoms with E-state index >= 15 is 0 Å². The Balaban J connectivity index is 1.46. The highest BCUT2D eigenvalue weighted by Gasteiger charge is 2.62. The van der Waals surface area contributed by atoms with Crippen molar-refractivity contribution in [2.75, 3.05) is 0 Å². The number of ether oxygens (including phenoxy) is 2. The molecular weight excluding hydrogens is 420 g/mol. The van der Waals surface area contributed by atoms with Gasteiger partial charge < -0.3 is 14.6 Å². The number of hydrogen-bond donors (Lipinski definition) is 1. The normalized spacial score (nSPS) is 33.4. The Hall–Kier alpha value is -1.69. The molecule has 5 rings (SSSR count). The molecule has 4 nitrogen and oxygen atoms in total. The van der Waals surface area contributed by atoms with Crippen molar-refractivity contribution in [2.24, 2.45) is 11.8 Å². The van der Waals surface area contributed by atoms with Crippen LogP contribution in [-0.4, -0.2) is 29.2 Å². The summed E-state index contributed by atoms with van der Waals surface area (Å²) in [6.07, 6.45) is 1.28. The van der Waals surface area contributed by atoms with Crippen LogP contribution < -0.4 is 4.74 Å². The molecule has 1 aliphatic carbocycles. The lowest BCUT2D eigenvalue weighted by Crippen LogP contribution is -2.31. The van der Waals surface area contributed by atoms with Crippen molar-refractivity contribution in [2.45, 2.75) is 50.9 Å². The highest BCUT2D eigenvalue weighted by molar-refractivity contribution is 9.10. The fourth-order valence-corrected chi connectivity index (χ4v) is 5.82. The first-order valence-electron chi connectivity index (χ1n) is 9.86.